The van der Waals surface area contributed by atoms with Crippen LogP contribution in [0.3, 0.4) is 0 Å². The Morgan fingerprint density at radius 2 is 2.00 bits per heavy atom. The van der Waals surface area contributed by atoms with E-state index in [1.54, 1.807) is 7.11 Å². The van der Waals surface area contributed by atoms with Gasteiger partial charge in [-0.05, 0) is 12.8 Å². The smallest absolute Gasteiger partial charge is 0.220 e. The van der Waals surface area contributed by atoms with Gasteiger partial charge in [-0.1, -0.05) is 13.8 Å². The molecule has 1 rings (SSSR count). The van der Waals surface area contributed by atoms with Crippen molar-refractivity contribution in [1.29, 1.82) is 0 Å². The van der Waals surface area contributed by atoms with E-state index in [1.165, 1.54) is 0 Å². The molecule has 0 aromatic carbocycles. The van der Waals surface area contributed by atoms with Crippen molar-refractivity contribution in [3.05, 3.63) is 0 Å². The molecule has 1 saturated heterocycles. The van der Waals surface area contributed by atoms with E-state index in [0.717, 1.165) is 0 Å². The third kappa shape index (κ3) is 2.21. The molecule has 1 aliphatic heterocycles. The van der Waals surface area contributed by atoms with Gasteiger partial charge in [0.2, 0.25) is 5.91 Å². The van der Waals surface area contributed by atoms with E-state index in [4.69, 9.17) is 4.74 Å². The molecule has 0 spiro atoms. The highest BCUT2D eigenvalue weighted by Gasteiger charge is 2.32. The molecule has 3 unspecified atom stereocenters. The summed E-state index contributed by atoms with van der Waals surface area (Å²) in [6.45, 7) is 6.23. The molecule has 13 heavy (non-hydrogen) atoms. The average Bonchev–Trinajstić information content (AvgIpc) is 2.11. The van der Waals surface area contributed by atoms with Crippen LogP contribution >= 0.6 is 0 Å². The van der Waals surface area contributed by atoms with Gasteiger partial charge in [0, 0.05) is 25.5 Å². The fraction of sp³-hybridized carbons (Fsp3) is 0.900. The second-order valence-corrected chi connectivity index (χ2v) is 4.10. The van der Waals surface area contributed by atoms with Gasteiger partial charge in [-0.15, -0.1) is 0 Å². The number of carbonyl (C=O) groups is 1. The zero-order valence-electron chi connectivity index (χ0n) is 8.83. The highest BCUT2D eigenvalue weighted by Crippen LogP contribution is 2.24. The molecular formula is C10H19NO2. The molecule has 3 heteroatoms. The molecule has 76 valence electrons. The molecule has 3 nitrogen and oxygen atoms in total. The van der Waals surface area contributed by atoms with Gasteiger partial charge >= 0.3 is 0 Å². The summed E-state index contributed by atoms with van der Waals surface area (Å²) in [6, 6.07) is 0.211. The number of hydrogen-bond acceptors (Lipinski definition) is 2. The van der Waals surface area contributed by atoms with Crippen LogP contribution in [0.15, 0.2) is 0 Å². The molecule has 1 N–H and O–H groups in total. The Morgan fingerprint density at radius 3 is 2.54 bits per heavy atom. The first-order chi connectivity index (χ1) is 6.06. The van der Waals surface area contributed by atoms with E-state index in [9.17, 15) is 4.79 Å². The molecule has 1 heterocycles. The van der Waals surface area contributed by atoms with Crippen LogP contribution in [-0.4, -0.2) is 25.2 Å². The predicted octanol–water partition coefficient (Wildman–Crippen LogP) is 1.18. The van der Waals surface area contributed by atoms with Gasteiger partial charge in [0.1, 0.15) is 0 Å². The number of nitrogens with one attached hydrogen (secondary N) is 1. The molecule has 1 amide bonds. The number of methoxy groups -OCH3 is 1. The molecule has 0 saturated carbocycles. The SMILES string of the molecule is CO[C@H]1C(C)CC(=O)NC(C)C1C. The van der Waals surface area contributed by atoms with Crippen molar-refractivity contribution in [2.75, 3.05) is 7.11 Å². The molecule has 0 bridgehead atoms. The van der Waals surface area contributed by atoms with Crippen LogP contribution in [0.25, 0.3) is 0 Å². The molecule has 0 aromatic rings. The lowest BCUT2D eigenvalue weighted by atomic mass is 9.89. The fourth-order valence-electron chi connectivity index (χ4n) is 2.10. The largest absolute Gasteiger partial charge is 0.381 e. The Balaban J connectivity index is 2.76. The zero-order valence-corrected chi connectivity index (χ0v) is 8.83. The second-order valence-electron chi connectivity index (χ2n) is 4.10. The van der Waals surface area contributed by atoms with E-state index in [2.05, 4.69) is 19.2 Å². The predicted molar refractivity (Wildman–Crippen MR) is 51.3 cm³/mol. The molecule has 1 fully saturated rings. The lowest BCUT2D eigenvalue weighted by molar-refractivity contribution is -0.122. The Labute approximate surface area is 79.8 Å². The summed E-state index contributed by atoms with van der Waals surface area (Å²) in [5.74, 6) is 0.836. The highest BCUT2D eigenvalue weighted by molar-refractivity contribution is 5.76. The maximum absolute atomic E-state index is 11.3. The van der Waals surface area contributed by atoms with Crippen LogP contribution in [0.1, 0.15) is 27.2 Å². The van der Waals surface area contributed by atoms with Gasteiger partial charge in [0.05, 0.1) is 6.10 Å². The Kier molecular flexibility index (Phi) is 3.31. The molecular weight excluding hydrogens is 166 g/mol. The maximum Gasteiger partial charge on any atom is 0.220 e. The first-order valence-electron chi connectivity index (χ1n) is 4.88. The summed E-state index contributed by atoms with van der Waals surface area (Å²) >= 11 is 0. The number of hydrogen-bond donors (Lipinski definition) is 1. The molecule has 0 aromatic heterocycles. The number of carbonyl (C=O) groups excluding carboxylic acids is 1. The number of rotatable bonds is 1. The third-order valence-corrected chi connectivity index (χ3v) is 3.04. The monoisotopic (exact) mass is 185 g/mol. The Morgan fingerprint density at radius 1 is 1.38 bits per heavy atom. The van der Waals surface area contributed by atoms with Crippen molar-refractivity contribution in [2.45, 2.75) is 39.3 Å². The summed E-state index contributed by atoms with van der Waals surface area (Å²) < 4.78 is 5.42. The summed E-state index contributed by atoms with van der Waals surface area (Å²) in [7, 11) is 1.72. The Hall–Kier alpha value is -0.570. The number of ether oxygens (including phenoxy) is 1. The lowest BCUT2D eigenvalue weighted by Gasteiger charge is -2.27. The first-order valence-corrected chi connectivity index (χ1v) is 4.88. The minimum absolute atomic E-state index is 0.145. The van der Waals surface area contributed by atoms with Crippen LogP contribution in [0.2, 0.25) is 0 Å². The van der Waals surface area contributed by atoms with Crippen LogP contribution in [0.5, 0.6) is 0 Å². The van der Waals surface area contributed by atoms with Crippen LogP contribution in [0, 0.1) is 11.8 Å². The minimum Gasteiger partial charge on any atom is -0.381 e. The summed E-state index contributed by atoms with van der Waals surface area (Å²) in [5.41, 5.74) is 0. The van der Waals surface area contributed by atoms with E-state index >= 15 is 0 Å². The minimum atomic E-state index is 0.145. The fourth-order valence-corrected chi connectivity index (χ4v) is 2.10. The van der Waals surface area contributed by atoms with Gasteiger partial charge < -0.3 is 10.1 Å². The average molecular weight is 185 g/mol. The van der Waals surface area contributed by atoms with E-state index in [1.807, 2.05) is 6.92 Å². The van der Waals surface area contributed by atoms with Crippen molar-refractivity contribution in [3.63, 3.8) is 0 Å². The molecule has 0 radical (unpaired) electrons. The van der Waals surface area contributed by atoms with Crippen LogP contribution < -0.4 is 5.32 Å². The second kappa shape index (κ2) is 4.09. The topological polar surface area (TPSA) is 38.3 Å². The van der Waals surface area contributed by atoms with Gasteiger partial charge in [-0.2, -0.15) is 0 Å². The molecule has 4 atom stereocenters. The summed E-state index contributed by atoms with van der Waals surface area (Å²) in [6.07, 6.45) is 0.765. The maximum atomic E-state index is 11.3. The van der Waals surface area contributed by atoms with Gasteiger partial charge in [0.25, 0.3) is 0 Å². The number of amides is 1. The first kappa shape index (κ1) is 10.5. The van der Waals surface area contributed by atoms with Crippen molar-refractivity contribution < 1.29 is 9.53 Å². The van der Waals surface area contributed by atoms with Crippen LogP contribution in [-0.2, 0) is 9.53 Å². The quantitative estimate of drug-likeness (QED) is 0.666. The van der Waals surface area contributed by atoms with E-state index < -0.39 is 0 Å². The van der Waals surface area contributed by atoms with Crippen LogP contribution in [0.4, 0.5) is 0 Å². The summed E-state index contributed by atoms with van der Waals surface area (Å²) in [5, 5.41) is 2.97. The van der Waals surface area contributed by atoms with Crippen molar-refractivity contribution in [1.82, 2.24) is 5.32 Å². The van der Waals surface area contributed by atoms with E-state index in [-0.39, 0.29) is 18.1 Å². The molecule has 0 aliphatic carbocycles. The summed E-state index contributed by atoms with van der Waals surface area (Å²) in [4.78, 5) is 11.3. The zero-order chi connectivity index (χ0) is 10.0. The van der Waals surface area contributed by atoms with Gasteiger partial charge in [-0.25, -0.2) is 0 Å². The normalized spacial score (nSPS) is 41.1. The van der Waals surface area contributed by atoms with Gasteiger partial charge in [0.15, 0.2) is 0 Å². The molecule has 1 aliphatic rings. The standard InChI is InChI=1S/C10H19NO2/c1-6-5-9(12)11-8(3)7(2)10(6)13-4/h6-8,10H,5H2,1-4H3,(H,11,12)/t6?,7?,8?,10-/m0/s1. The van der Waals surface area contributed by atoms with Gasteiger partial charge in [-0.3, -0.25) is 4.79 Å². The highest BCUT2D eigenvalue weighted by atomic mass is 16.5. The van der Waals surface area contributed by atoms with Crippen molar-refractivity contribution in [3.8, 4) is 0 Å². The third-order valence-electron chi connectivity index (χ3n) is 3.04. The van der Waals surface area contributed by atoms with Crippen molar-refractivity contribution >= 4 is 5.91 Å². The Bertz CT molecular complexity index is 193. The lowest BCUT2D eigenvalue weighted by Crippen LogP contribution is -2.38. The van der Waals surface area contributed by atoms with Crippen molar-refractivity contribution in [2.24, 2.45) is 11.8 Å². The van der Waals surface area contributed by atoms with E-state index in [0.29, 0.717) is 18.3 Å².